The first-order valence-corrected chi connectivity index (χ1v) is 6.21. The summed E-state index contributed by atoms with van der Waals surface area (Å²) in [5.74, 6) is -0.445. The number of rotatable bonds is 3. The van der Waals surface area contributed by atoms with Gasteiger partial charge >= 0.3 is 0 Å². The fraction of sp³-hybridized carbons (Fsp3) is 0.286. The molecule has 3 N–H and O–H groups in total. The van der Waals surface area contributed by atoms with Gasteiger partial charge in [0.25, 0.3) is 11.1 Å². The molecule has 106 valence electrons. The van der Waals surface area contributed by atoms with Crippen LogP contribution in [0.5, 0.6) is 0 Å². The van der Waals surface area contributed by atoms with Gasteiger partial charge in [-0.15, -0.1) is 0 Å². The van der Waals surface area contributed by atoms with Crippen LogP contribution in [0.15, 0.2) is 27.8 Å². The van der Waals surface area contributed by atoms with E-state index in [9.17, 15) is 14.0 Å². The lowest BCUT2D eigenvalue weighted by atomic mass is 10.1. The van der Waals surface area contributed by atoms with Crippen LogP contribution in [0.25, 0.3) is 0 Å². The average Bonchev–Trinajstić information content (AvgIpc) is 2.44. The summed E-state index contributed by atoms with van der Waals surface area (Å²) in [5, 5.41) is 2.45. The van der Waals surface area contributed by atoms with E-state index in [0.29, 0.717) is 22.3 Å². The van der Waals surface area contributed by atoms with Gasteiger partial charge in [0.15, 0.2) is 0 Å². The van der Waals surface area contributed by atoms with Crippen LogP contribution >= 0.6 is 0 Å². The summed E-state index contributed by atoms with van der Waals surface area (Å²) in [6.07, 6.45) is 0. The molecule has 2 rings (SSSR count). The highest BCUT2D eigenvalue weighted by molar-refractivity contribution is 5.25. The Morgan fingerprint density at radius 3 is 2.55 bits per heavy atom. The van der Waals surface area contributed by atoms with E-state index in [-0.39, 0.29) is 24.2 Å². The van der Waals surface area contributed by atoms with Crippen molar-refractivity contribution >= 4 is 0 Å². The van der Waals surface area contributed by atoms with Gasteiger partial charge in [-0.2, -0.15) is 0 Å². The van der Waals surface area contributed by atoms with Crippen molar-refractivity contribution in [3.63, 3.8) is 0 Å². The molecule has 6 heteroatoms. The summed E-state index contributed by atoms with van der Waals surface area (Å²) in [4.78, 5) is 23.7. The minimum atomic E-state index is -0.445. The first kappa shape index (κ1) is 14.2. The largest absolute Gasteiger partial charge is 0.326 e. The number of aromatic nitrogens is 2. The van der Waals surface area contributed by atoms with Gasteiger partial charge in [-0.05, 0) is 25.5 Å². The Bertz CT molecular complexity index is 762. The van der Waals surface area contributed by atoms with Crippen LogP contribution in [0.1, 0.15) is 22.3 Å². The van der Waals surface area contributed by atoms with Gasteiger partial charge < -0.3 is 5.73 Å². The molecule has 2 aromatic rings. The molecule has 5 nitrogen and oxygen atoms in total. The molecule has 0 amide bonds. The van der Waals surface area contributed by atoms with Gasteiger partial charge in [-0.1, -0.05) is 12.1 Å². The maximum Gasteiger partial charge on any atom is 0.268 e. The van der Waals surface area contributed by atoms with Crippen molar-refractivity contribution < 1.29 is 4.39 Å². The standard InChI is InChI=1S/C14H16FN3O2/c1-8-9(2)14(20)18(17-13(8)19)7-11-4-3-10(6-16)5-12(11)15/h3-5H,6-7,16H2,1-2H3,(H,17,19). The summed E-state index contributed by atoms with van der Waals surface area (Å²) < 4.78 is 15.0. The van der Waals surface area contributed by atoms with Crippen molar-refractivity contribution in [2.24, 2.45) is 5.73 Å². The molecule has 0 radical (unpaired) electrons. The van der Waals surface area contributed by atoms with Crippen molar-refractivity contribution in [3.8, 4) is 0 Å². The zero-order valence-corrected chi connectivity index (χ0v) is 11.4. The Kier molecular flexibility index (Phi) is 3.85. The molecule has 0 spiro atoms. The number of halogens is 1. The summed E-state index contributed by atoms with van der Waals surface area (Å²) in [7, 11) is 0. The molecule has 0 aliphatic carbocycles. The minimum Gasteiger partial charge on any atom is -0.326 e. The predicted octanol–water partition coefficient (Wildman–Crippen LogP) is 0.800. The van der Waals surface area contributed by atoms with Crippen LogP contribution in [0, 0.1) is 19.7 Å². The first-order valence-electron chi connectivity index (χ1n) is 6.21. The second-order valence-electron chi connectivity index (χ2n) is 4.71. The van der Waals surface area contributed by atoms with Crippen molar-refractivity contribution in [2.75, 3.05) is 0 Å². The fourth-order valence-corrected chi connectivity index (χ4v) is 1.92. The van der Waals surface area contributed by atoms with E-state index in [1.165, 1.54) is 6.07 Å². The van der Waals surface area contributed by atoms with Crippen LogP contribution in [0.2, 0.25) is 0 Å². The van der Waals surface area contributed by atoms with Crippen molar-refractivity contribution in [1.82, 2.24) is 9.78 Å². The number of hydrogen-bond donors (Lipinski definition) is 2. The third kappa shape index (κ3) is 2.55. The number of nitrogens with one attached hydrogen (secondary N) is 1. The summed E-state index contributed by atoms with van der Waals surface area (Å²) in [6.45, 7) is 3.39. The highest BCUT2D eigenvalue weighted by Crippen LogP contribution is 2.10. The molecular weight excluding hydrogens is 261 g/mol. The molecule has 1 aromatic carbocycles. The Morgan fingerprint density at radius 1 is 1.25 bits per heavy atom. The van der Waals surface area contributed by atoms with Crippen molar-refractivity contribution in [3.05, 3.63) is 67.0 Å². The van der Waals surface area contributed by atoms with E-state index >= 15 is 0 Å². The smallest absolute Gasteiger partial charge is 0.268 e. The van der Waals surface area contributed by atoms with Crippen LogP contribution in [0.4, 0.5) is 4.39 Å². The van der Waals surface area contributed by atoms with Gasteiger partial charge in [0.1, 0.15) is 5.82 Å². The van der Waals surface area contributed by atoms with Crippen LogP contribution in [-0.4, -0.2) is 9.78 Å². The van der Waals surface area contributed by atoms with Crippen molar-refractivity contribution in [2.45, 2.75) is 26.9 Å². The normalized spacial score (nSPS) is 10.8. The molecular formula is C14H16FN3O2. The topological polar surface area (TPSA) is 80.9 Å². The van der Waals surface area contributed by atoms with E-state index in [2.05, 4.69) is 5.10 Å². The number of H-pyrrole nitrogens is 1. The summed E-state index contributed by atoms with van der Waals surface area (Å²) in [5.41, 5.74) is 6.50. The van der Waals surface area contributed by atoms with Crippen LogP contribution in [-0.2, 0) is 13.1 Å². The maximum absolute atomic E-state index is 13.9. The van der Waals surface area contributed by atoms with E-state index < -0.39 is 5.82 Å². The molecule has 0 saturated carbocycles. The Morgan fingerprint density at radius 2 is 1.95 bits per heavy atom. The van der Waals surface area contributed by atoms with E-state index in [1.54, 1.807) is 26.0 Å². The van der Waals surface area contributed by atoms with Gasteiger partial charge in [0.05, 0.1) is 6.54 Å². The predicted molar refractivity (Wildman–Crippen MR) is 74.2 cm³/mol. The quantitative estimate of drug-likeness (QED) is 0.870. The zero-order chi connectivity index (χ0) is 14.9. The number of nitrogens with two attached hydrogens (primary N) is 1. The SMILES string of the molecule is Cc1c(C)c(=O)n(Cc2ccc(CN)cc2F)[nH]c1=O. The van der Waals surface area contributed by atoms with Gasteiger partial charge in [-0.25, -0.2) is 9.07 Å². The highest BCUT2D eigenvalue weighted by Gasteiger charge is 2.10. The minimum absolute atomic E-state index is 0.0219. The molecule has 0 bridgehead atoms. The third-order valence-corrected chi connectivity index (χ3v) is 3.39. The van der Waals surface area contributed by atoms with Gasteiger partial charge in [0.2, 0.25) is 0 Å². The van der Waals surface area contributed by atoms with E-state index in [4.69, 9.17) is 5.73 Å². The Balaban J connectivity index is 2.46. The molecule has 0 saturated heterocycles. The van der Waals surface area contributed by atoms with Gasteiger partial charge in [-0.3, -0.25) is 14.7 Å². The monoisotopic (exact) mass is 277 g/mol. The lowest BCUT2D eigenvalue weighted by Crippen LogP contribution is -2.33. The molecule has 1 heterocycles. The summed E-state index contributed by atoms with van der Waals surface area (Å²) >= 11 is 0. The second kappa shape index (κ2) is 5.42. The van der Waals surface area contributed by atoms with Gasteiger partial charge in [0, 0.05) is 23.2 Å². The molecule has 0 fully saturated rings. The molecule has 0 atom stereocenters. The summed E-state index contributed by atoms with van der Waals surface area (Å²) in [6, 6.07) is 4.60. The molecule has 0 aliphatic rings. The van der Waals surface area contributed by atoms with Crippen LogP contribution in [0.3, 0.4) is 0 Å². The van der Waals surface area contributed by atoms with E-state index in [1.807, 2.05) is 0 Å². The van der Waals surface area contributed by atoms with Crippen LogP contribution < -0.4 is 16.9 Å². The maximum atomic E-state index is 13.9. The number of aromatic amines is 1. The lowest BCUT2D eigenvalue weighted by molar-refractivity contribution is 0.563. The number of hydrogen-bond acceptors (Lipinski definition) is 3. The number of nitrogens with zero attached hydrogens (tertiary/aromatic N) is 1. The second-order valence-corrected chi connectivity index (χ2v) is 4.71. The Labute approximate surface area is 114 Å². The Hall–Kier alpha value is -2.21. The molecule has 20 heavy (non-hydrogen) atoms. The van der Waals surface area contributed by atoms with Crippen molar-refractivity contribution in [1.29, 1.82) is 0 Å². The lowest BCUT2D eigenvalue weighted by Gasteiger charge is -2.09. The average molecular weight is 277 g/mol. The third-order valence-electron chi connectivity index (χ3n) is 3.39. The van der Waals surface area contributed by atoms with E-state index in [0.717, 1.165) is 4.68 Å². The molecule has 1 aromatic heterocycles. The zero-order valence-electron chi connectivity index (χ0n) is 11.4. The number of benzene rings is 1. The first-order chi connectivity index (χ1) is 9.43. The highest BCUT2D eigenvalue weighted by atomic mass is 19.1. The fourth-order valence-electron chi connectivity index (χ4n) is 1.92. The molecule has 0 unspecified atom stereocenters. The molecule has 0 aliphatic heterocycles.